The number of likely N-dealkylation sites (tertiary alicyclic amines) is 1. The van der Waals surface area contributed by atoms with Gasteiger partial charge >= 0.3 is 0 Å². The topological polar surface area (TPSA) is 41.9 Å². The number of quaternary nitrogens is 1. The second-order valence-electron chi connectivity index (χ2n) is 12.2. The minimum atomic E-state index is -0.227. The number of piperidine rings is 1. The first-order valence-corrected chi connectivity index (χ1v) is 14.7. The van der Waals surface area contributed by atoms with Crippen LogP contribution in [0.3, 0.4) is 0 Å². The Labute approximate surface area is 222 Å². The third kappa shape index (κ3) is 4.22. The van der Waals surface area contributed by atoms with Crippen molar-refractivity contribution in [2.75, 3.05) is 19.6 Å². The summed E-state index contributed by atoms with van der Waals surface area (Å²) < 4.78 is 2.35. The second-order valence-corrected chi connectivity index (χ2v) is 12.2. The van der Waals surface area contributed by atoms with Crippen LogP contribution in [0.15, 0.2) is 60.2 Å². The second kappa shape index (κ2) is 9.94. The number of hydrogen-bond acceptors (Lipinski definition) is 1. The molecule has 3 fully saturated rings. The van der Waals surface area contributed by atoms with Gasteiger partial charge < -0.3 is 14.8 Å². The lowest BCUT2D eigenvalue weighted by atomic mass is 9.63. The third-order valence-corrected chi connectivity index (χ3v) is 10.3. The van der Waals surface area contributed by atoms with Crippen LogP contribution in [-0.4, -0.2) is 41.1 Å². The van der Waals surface area contributed by atoms with Gasteiger partial charge in [-0.2, -0.15) is 0 Å². The fourth-order valence-corrected chi connectivity index (χ4v) is 8.08. The predicted molar refractivity (Wildman–Crippen MR) is 150 cm³/mol. The van der Waals surface area contributed by atoms with Gasteiger partial charge in [0.2, 0.25) is 5.91 Å². The highest BCUT2D eigenvalue weighted by atomic mass is 16.2. The SMILES string of the molecule is C=C1CCc2c(cc(C)n2C)C12C[NH2+]CC2C(=O)N1CCC(c2ccccc2)CC1C=C1CCCCC1. The van der Waals surface area contributed by atoms with Crippen LogP contribution in [-0.2, 0) is 23.7 Å². The highest BCUT2D eigenvalue weighted by Crippen LogP contribution is 2.48. The summed E-state index contributed by atoms with van der Waals surface area (Å²) in [6, 6.07) is 13.5. The molecule has 6 rings (SSSR count). The molecular weight excluding hydrogens is 454 g/mol. The Morgan fingerprint density at radius 3 is 2.68 bits per heavy atom. The molecule has 0 radical (unpaired) electrons. The summed E-state index contributed by atoms with van der Waals surface area (Å²) in [5.74, 6) is 0.864. The first-order valence-electron chi connectivity index (χ1n) is 14.7. The van der Waals surface area contributed by atoms with Gasteiger partial charge in [-0.3, -0.25) is 4.79 Å². The van der Waals surface area contributed by atoms with E-state index in [-0.39, 0.29) is 17.4 Å². The van der Waals surface area contributed by atoms with Crippen molar-refractivity contribution in [2.24, 2.45) is 13.0 Å². The average Bonchev–Trinajstić information content (AvgIpc) is 3.49. The van der Waals surface area contributed by atoms with Crippen molar-refractivity contribution in [1.82, 2.24) is 9.47 Å². The number of aromatic nitrogens is 1. The van der Waals surface area contributed by atoms with Crippen LogP contribution in [0.2, 0.25) is 0 Å². The van der Waals surface area contributed by atoms with Gasteiger partial charge in [0, 0.05) is 25.0 Å². The van der Waals surface area contributed by atoms with Gasteiger partial charge in [-0.25, -0.2) is 0 Å². The van der Waals surface area contributed by atoms with Gasteiger partial charge in [-0.05, 0) is 81.4 Å². The number of amides is 1. The number of nitrogens with two attached hydrogens (primary N) is 1. The van der Waals surface area contributed by atoms with Crippen molar-refractivity contribution in [2.45, 2.75) is 82.1 Å². The normalized spacial score (nSPS) is 30.0. The minimum Gasteiger partial charge on any atom is -0.352 e. The minimum absolute atomic E-state index is 0.0265. The Bertz CT molecular complexity index is 1200. The van der Waals surface area contributed by atoms with Crippen LogP contribution in [0.4, 0.5) is 0 Å². The predicted octanol–water partition coefficient (Wildman–Crippen LogP) is 4.93. The number of carbonyl (C=O) groups is 1. The molecule has 37 heavy (non-hydrogen) atoms. The summed E-state index contributed by atoms with van der Waals surface area (Å²) in [7, 11) is 2.19. The molecule has 1 saturated carbocycles. The van der Waals surface area contributed by atoms with Gasteiger partial charge in [-0.1, -0.05) is 60.6 Å². The lowest BCUT2D eigenvalue weighted by molar-refractivity contribution is -0.639. The molecule has 2 aromatic rings. The zero-order chi connectivity index (χ0) is 25.6. The van der Waals surface area contributed by atoms with E-state index in [0.29, 0.717) is 11.8 Å². The van der Waals surface area contributed by atoms with Crippen molar-refractivity contribution in [1.29, 1.82) is 0 Å². The summed E-state index contributed by atoms with van der Waals surface area (Å²) >= 11 is 0. The maximum Gasteiger partial charge on any atom is 0.233 e. The van der Waals surface area contributed by atoms with Crippen molar-refractivity contribution in [3.8, 4) is 0 Å². The van der Waals surface area contributed by atoms with E-state index < -0.39 is 0 Å². The van der Waals surface area contributed by atoms with E-state index in [0.717, 1.165) is 45.3 Å². The van der Waals surface area contributed by atoms with Crippen molar-refractivity contribution < 1.29 is 10.1 Å². The molecule has 1 aromatic heterocycles. The number of benzene rings is 1. The summed E-state index contributed by atoms with van der Waals surface area (Å²) in [6.07, 6.45) is 13.0. The largest absolute Gasteiger partial charge is 0.352 e. The lowest BCUT2D eigenvalue weighted by Crippen LogP contribution is -2.82. The number of aryl methyl sites for hydroxylation is 1. The van der Waals surface area contributed by atoms with Crippen molar-refractivity contribution >= 4 is 5.91 Å². The molecule has 4 aliphatic rings. The molecule has 4 nitrogen and oxygen atoms in total. The molecule has 1 aromatic carbocycles. The number of rotatable bonds is 3. The van der Waals surface area contributed by atoms with E-state index in [1.165, 1.54) is 60.2 Å². The highest BCUT2D eigenvalue weighted by Gasteiger charge is 2.57. The standard InChI is InChI=1S/C33H43N3O/c1-23-14-15-31-29(18-24(2)35(31)3)33(23)22-34-21-30(33)32(37)36-17-16-27(26-12-8-5-9-13-26)20-28(36)19-25-10-6-4-7-11-25/h5,8-9,12-13,18-19,27-28,30,34H,1,4,6-7,10-11,14-17,20-22H2,2-3H3/p+1. The Morgan fingerprint density at radius 1 is 1.11 bits per heavy atom. The molecule has 196 valence electrons. The fourth-order valence-electron chi connectivity index (χ4n) is 8.08. The molecule has 1 spiro atoms. The van der Waals surface area contributed by atoms with E-state index in [1.807, 2.05) is 0 Å². The van der Waals surface area contributed by atoms with E-state index in [4.69, 9.17) is 0 Å². The molecule has 4 heteroatoms. The maximum atomic E-state index is 14.6. The van der Waals surface area contributed by atoms with E-state index in [1.54, 1.807) is 5.57 Å². The van der Waals surface area contributed by atoms with Crippen LogP contribution in [0.25, 0.3) is 0 Å². The molecule has 4 unspecified atom stereocenters. The van der Waals surface area contributed by atoms with Crippen molar-refractivity contribution in [3.05, 3.63) is 82.7 Å². The van der Waals surface area contributed by atoms with E-state index in [2.05, 4.69) is 77.8 Å². The molecule has 2 aliphatic carbocycles. The van der Waals surface area contributed by atoms with Crippen LogP contribution in [0, 0.1) is 12.8 Å². The Hall–Kier alpha value is -2.59. The van der Waals surface area contributed by atoms with Gasteiger partial charge in [0.15, 0.2) is 0 Å². The first kappa shape index (κ1) is 24.7. The highest BCUT2D eigenvalue weighted by molar-refractivity contribution is 5.83. The van der Waals surface area contributed by atoms with Gasteiger partial charge in [0.1, 0.15) is 5.92 Å². The average molecular weight is 499 g/mol. The van der Waals surface area contributed by atoms with E-state index >= 15 is 0 Å². The molecule has 2 N–H and O–H groups in total. The Morgan fingerprint density at radius 2 is 1.89 bits per heavy atom. The quantitative estimate of drug-likeness (QED) is 0.599. The number of nitrogens with zero attached hydrogens (tertiary/aromatic N) is 2. The summed E-state index contributed by atoms with van der Waals surface area (Å²) in [5.41, 5.74) is 8.16. The zero-order valence-corrected chi connectivity index (χ0v) is 22.8. The number of hydrogen-bond donors (Lipinski definition) is 1. The first-order chi connectivity index (χ1) is 18.0. The summed E-state index contributed by atoms with van der Waals surface area (Å²) in [5, 5.41) is 2.39. The fraction of sp³-hybridized carbons (Fsp3) is 0.545. The van der Waals surface area contributed by atoms with Gasteiger partial charge in [0.25, 0.3) is 0 Å². The van der Waals surface area contributed by atoms with Crippen LogP contribution in [0.1, 0.15) is 79.8 Å². The molecular formula is C33H44N3O+. The Kier molecular flexibility index (Phi) is 6.65. The number of allylic oxidation sites excluding steroid dienone is 1. The molecule has 3 heterocycles. The summed E-state index contributed by atoms with van der Waals surface area (Å²) in [4.78, 5) is 16.9. The van der Waals surface area contributed by atoms with Gasteiger partial charge in [0.05, 0.1) is 24.5 Å². The van der Waals surface area contributed by atoms with Gasteiger partial charge in [-0.15, -0.1) is 0 Å². The molecule has 0 bridgehead atoms. The van der Waals surface area contributed by atoms with Crippen LogP contribution < -0.4 is 5.32 Å². The van der Waals surface area contributed by atoms with Crippen LogP contribution >= 0.6 is 0 Å². The van der Waals surface area contributed by atoms with Crippen molar-refractivity contribution in [3.63, 3.8) is 0 Å². The monoisotopic (exact) mass is 498 g/mol. The third-order valence-electron chi connectivity index (χ3n) is 10.3. The van der Waals surface area contributed by atoms with Crippen LogP contribution in [0.5, 0.6) is 0 Å². The molecule has 2 saturated heterocycles. The smallest absolute Gasteiger partial charge is 0.233 e. The molecule has 1 amide bonds. The molecule has 2 aliphatic heterocycles. The zero-order valence-electron chi connectivity index (χ0n) is 22.8. The lowest BCUT2D eigenvalue weighted by Gasteiger charge is -2.44. The van der Waals surface area contributed by atoms with E-state index in [9.17, 15) is 4.79 Å². The number of carbonyl (C=O) groups excluding carboxylic acids is 1. The maximum absolute atomic E-state index is 14.6. The molecule has 4 atom stereocenters. The number of fused-ring (bicyclic) bond motifs is 2. The Balaban J connectivity index is 1.34. The summed E-state index contributed by atoms with van der Waals surface area (Å²) in [6.45, 7) is 9.49.